The first kappa shape index (κ1) is 15.4. The van der Waals surface area contributed by atoms with Gasteiger partial charge in [0.2, 0.25) is 0 Å². The minimum absolute atomic E-state index is 0.257. The first-order valence-corrected chi connectivity index (χ1v) is 8.42. The van der Waals surface area contributed by atoms with Crippen molar-refractivity contribution in [3.8, 4) is 0 Å². The van der Waals surface area contributed by atoms with Gasteiger partial charge in [-0.15, -0.1) is 11.6 Å². The number of ether oxygens (including phenoxy) is 1. The van der Waals surface area contributed by atoms with Gasteiger partial charge in [0.25, 0.3) is 0 Å². The van der Waals surface area contributed by atoms with Gasteiger partial charge in [-0.25, -0.2) is 4.98 Å². The zero-order chi connectivity index (χ0) is 15.0. The minimum atomic E-state index is 0.257. The Hall–Kier alpha value is -0.480. The van der Waals surface area contributed by atoms with Gasteiger partial charge in [-0.2, -0.15) is 0 Å². The van der Waals surface area contributed by atoms with Crippen LogP contribution in [0.4, 0.5) is 0 Å². The van der Waals surface area contributed by atoms with Crippen molar-refractivity contribution in [2.45, 2.75) is 38.3 Å². The first-order valence-electron chi connectivity index (χ1n) is 7.13. The van der Waals surface area contributed by atoms with Crippen LogP contribution in [0.15, 0.2) is 12.1 Å². The maximum atomic E-state index is 6.19. The highest BCUT2D eigenvalue weighted by atomic mass is 35.5. The van der Waals surface area contributed by atoms with Gasteiger partial charge in [0.15, 0.2) is 0 Å². The van der Waals surface area contributed by atoms with E-state index in [1.807, 2.05) is 12.1 Å². The number of imidazole rings is 1. The Balaban J connectivity index is 2.12. The molecule has 1 aromatic heterocycles. The lowest BCUT2D eigenvalue weighted by Gasteiger charge is -2.30. The molecule has 0 bridgehead atoms. The van der Waals surface area contributed by atoms with Crippen LogP contribution in [0.1, 0.15) is 31.6 Å². The number of nitrogens with zero attached hydrogens (tertiary/aromatic N) is 2. The molecule has 0 saturated carbocycles. The maximum absolute atomic E-state index is 6.19. The number of aryl methyl sites for hydroxylation is 1. The van der Waals surface area contributed by atoms with Gasteiger partial charge in [-0.3, -0.25) is 0 Å². The Morgan fingerprint density at radius 1 is 1.33 bits per heavy atom. The van der Waals surface area contributed by atoms with E-state index in [1.165, 1.54) is 0 Å². The molecule has 0 spiro atoms. The summed E-state index contributed by atoms with van der Waals surface area (Å²) >= 11 is 18.2. The first-order chi connectivity index (χ1) is 10.1. The van der Waals surface area contributed by atoms with Crippen molar-refractivity contribution in [2.24, 2.45) is 0 Å². The fraction of sp³-hybridized carbons (Fsp3) is 0.533. The van der Waals surface area contributed by atoms with Crippen molar-refractivity contribution in [3.63, 3.8) is 0 Å². The molecular weight excluding hydrogens is 331 g/mol. The largest absolute Gasteiger partial charge is 0.378 e. The lowest BCUT2D eigenvalue weighted by Crippen LogP contribution is -2.26. The van der Waals surface area contributed by atoms with Gasteiger partial charge >= 0.3 is 0 Å². The van der Waals surface area contributed by atoms with E-state index in [4.69, 9.17) is 44.5 Å². The van der Waals surface area contributed by atoms with Crippen LogP contribution in [-0.2, 0) is 11.2 Å². The standard InChI is InChI=1S/C15H17Cl3N2O/c1-9-6-10(3-5-21-9)20-14-8-12(18)11(17)7-13(14)19-15(20)2-4-16/h7-10H,2-6H2,1H3. The van der Waals surface area contributed by atoms with Gasteiger partial charge in [0, 0.05) is 24.9 Å². The van der Waals surface area contributed by atoms with Crippen LogP contribution in [0.5, 0.6) is 0 Å². The maximum Gasteiger partial charge on any atom is 0.111 e. The molecule has 0 radical (unpaired) electrons. The third kappa shape index (κ3) is 3.02. The van der Waals surface area contributed by atoms with E-state index in [9.17, 15) is 0 Å². The monoisotopic (exact) mass is 346 g/mol. The zero-order valence-corrected chi connectivity index (χ0v) is 14.0. The molecule has 3 rings (SSSR count). The summed E-state index contributed by atoms with van der Waals surface area (Å²) in [5.74, 6) is 1.54. The molecule has 1 aromatic carbocycles. The van der Waals surface area contributed by atoms with Crippen molar-refractivity contribution < 1.29 is 4.74 Å². The number of hydrogen-bond donors (Lipinski definition) is 0. The second kappa shape index (κ2) is 6.33. The highest BCUT2D eigenvalue weighted by Crippen LogP contribution is 2.34. The van der Waals surface area contributed by atoms with Crippen molar-refractivity contribution in [2.75, 3.05) is 12.5 Å². The Bertz CT molecular complexity index is 656. The summed E-state index contributed by atoms with van der Waals surface area (Å²) < 4.78 is 7.93. The van der Waals surface area contributed by atoms with E-state index < -0.39 is 0 Å². The van der Waals surface area contributed by atoms with Gasteiger partial charge in [0.1, 0.15) is 5.82 Å². The molecule has 1 fully saturated rings. The lowest BCUT2D eigenvalue weighted by atomic mass is 10.0. The molecule has 2 aromatic rings. The molecule has 1 aliphatic heterocycles. The SMILES string of the molecule is CC1CC(n2c(CCCl)nc3cc(Cl)c(Cl)cc32)CCO1. The third-order valence-electron chi connectivity index (χ3n) is 3.95. The molecule has 2 unspecified atom stereocenters. The molecule has 1 saturated heterocycles. The molecule has 2 heterocycles. The summed E-state index contributed by atoms with van der Waals surface area (Å²) in [5.41, 5.74) is 1.91. The third-order valence-corrected chi connectivity index (χ3v) is 4.86. The summed E-state index contributed by atoms with van der Waals surface area (Å²) in [7, 11) is 0. The van der Waals surface area contributed by atoms with Crippen LogP contribution in [0.25, 0.3) is 11.0 Å². The smallest absolute Gasteiger partial charge is 0.111 e. The quantitative estimate of drug-likeness (QED) is 0.741. The molecular formula is C15H17Cl3N2O. The van der Waals surface area contributed by atoms with Crippen LogP contribution in [0.2, 0.25) is 10.0 Å². The summed E-state index contributed by atoms with van der Waals surface area (Å²) in [5, 5.41) is 1.09. The predicted octanol–water partition coefficient (Wildman–Crippen LogP) is 4.86. The fourth-order valence-corrected chi connectivity index (χ4v) is 3.50. The predicted molar refractivity (Wildman–Crippen MR) is 87.9 cm³/mol. The number of aromatic nitrogens is 2. The molecule has 6 heteroatoms. The summed E-state index contributed by atoms with van der Waals surface area (Å²) in [6.07, 6.45) is 2.94. The van der Waals surface area contributed by atoms with Crippen LogP contribution in [-0.4, -0.2) is 28.1 Å². The molecule has 21 heavy (non-hydrogen) atoms. The fourth-order valence-electron chi connectivity index (χ4n) is 3.02. The van der Waals surface area contributed by atoms with E-state index in [0.29, 0.717) is 22.0 Å². The number of alkyl halides is 1. The molecule has 3 nitrogen and oxygen atoms in total. The summed E-state index contributed by atoms with van der Waals surface area (Å²) in [4.78, 5) is 4.70. The number of rotatable bonds is 3. The van der Waals surface area contributed by atoms with Crippen molar-refractivity contribution in [1.29, 1.82) is 0 Å². The van der Waals surface area contributed by atoms with Gasteiger partial charge < -0.3 is 9.30 Å². The molecule has 0 N–H and O–H groups in total. The van der Waals surface area contributed by atoms with Crippen molar-refractivity contribution >= 4 is 45.8 Å². The average Bonchev–Trinajstić information content (AvgIpc) is 2.77. The molecule has 2 atom stereocenters. The van der Waals surface area contributed by atoms with E-state index in [2.05, 4.69) is 11.5 Å². The normalized spacial score (nSPS) is 22.9. The van der Waals surface area contributed by atoms with Gasteiger partial charge in [-0.05, 0) is 31.9 Å². The summed E-state index contributed by atoms with van der Waals surface area (Å²) in [6.45, 7) is 2.88. The molecule has 0 aliphatic carbocycles. The second-order valence-corrected chi connectivity index (χ2v) is 6.64. The summed E-state index contributed by atoms with van der Waals surface area (Å²) in [6, 6.07) is 4.11. The van der Waals surface area contributed by atoms with E-state index in [0.717, 1.165) is 42.7 Å². The second-order valence-electron chi connectivity index (χ2n) is 5.45. The molecule has 0 amide bonds. The Morgan fingerprint density at radius 3 is 2.81 bits per heavy atom. The molecule has 1 aliphatic rings. The Kier molecular flexibility index (Phi) is 4.65. The van der Waals surface area contributed by atoms with Crippen LogP contribution < -0.4 is 0 Å². The van der Waals surface area contributed by atoms with Gasteiger partial charge in [0.05, 0.1) is 27.2 Å². The van der Waals surface area contributed by atoms with E-state index >= 15 is 0 Å². The highest BCUT2D eigenvalue weighted by Gasteiger charge is 2.25. The van der Waals surface area contributed by atoms with Gasteiger partial charge in [-0.1, -0.05) is 23.2 Å². The van der Waals surface area contributed by atoms with Crippen LogP contribution >= 0.6 is 34.8 Å². The van der Waals surface area contributed by atoms with E-state index in [1.54, 1.807) is 0 Å². The molecule has 114 valence electrons. The van der Waals surface area contributed by atoms with Crippen LogP contribution in [0, 0.1) is 0 Å². The Morgan fingerprint density at radius 2 is 2.10 bits per heavy atom. The topological polar surface area (TPSA) is 27.1 Å². The number of fused-ring (bicyclic) bond motifs is 1. The van der Waals surface area contributed by atoms with Crippen molar-refractivity contribution in [3.05, 3.63) is 28.0 Å². The highest BCUT2D eigenvalue weighted by molar-refractivity contribution is 6.42. The van der Waals surface area contributed by atoms with Crippen molar-refractivity contribution in [1.82, 2.24) is 9.55 Å². The number of halogens is 3. The number of benzene rings is 1. The lowest BCUT2D eigenvalue weighted by molar-refractivity contribution is 0.00625. The minimum Gasteiger partial charge on any atom is -0.378 e. The average molecular weight is 348 g/mol. The van der Waals surface area contributed by atoms with Crippen LogP contribution in [0.3, 0.4) is 0 Å². The zero-order valence-electron chi connectivity index (χ0n) is 11.8. The Labute approximate surface area is 139 Å². The van der Waals surface area contributed by atoms with E-state index in [-0.39, 0.29) is 6.10 Å². The number of hydrogen-bond acceptors (Lipinski definition) is 2.